The van der Waals surface area contributed by atoms with Crippen LogP contribution in [0.15, 0.2) is 0 Å². The second-order valence-corrected chi connectivity index (χ2v) is 6.44. The van der Waals surface area contributed by atoms with Crippen molar-refractivity contribution in [3.63, 3.8) is 0 Å². The maximum atomic E-state index is 12.0. The van der Waals surface area contributed by atoms with Gasteiger partial charge < -0.3 is 10.1 Å². The number of piperidine rings is 1. The van der Waals surface area contributed by atoms with Gasteiger partial charge in [0.25, 0.3) is 0 Å². The van der Waals surface area contributed by atoms with E-state index in [-0.39, 0.29) is 0 Å². The third-order valence-corrected chi connectivity index (χ3v) is 5.14. The molecule has 0 aromatic heterocycles. The van der Waals surface area contributed by atoms with Crippen molar-refractivity contribution in [1.82, 2.24) is 5.32 Å². The molecule has 0 spiro atoms. The molecule has 3 unspecified atom stereocenters. The van der Waals surface area contributed by atoms with Crippen LogP contribution in [0.25, 0.3) is 0 Å². The molecule has 3 rings (SSSR count). The molecule has 0 aromatic rings. The van der Waals surface area contributed by atoms with Gasteiger partial charge in [0.05, 0.1) is 6.10 Å². The highest BCUT2D eigenvalue weighted by Crippen LogP contribution is 2.49. The molecule has 0 amide bonds. The lowest BCUT2D eigenvalue weighted by Crippen LogP contribution is -2.33. The van der Waals surface area contributed by atoms with Gasteiger partial charge in [-0.15, -0.1) is 0 Å². The van der Waals surface area contributed by atoms with Crippen LogP contribution < -0.4 is 5.32 Å². The number of carbonyl (C=O) groups excluding carboxylic acids is 1. The lowest BCUT2D eigenvalue weighted by molar-refractivity contribution is -0.127. The third-order valence-electron chi connectivity index (χ3n) is 5.14. The summed E-state index contributed by atoms with van der Waals surface area (Å²) in [5, 5.41) is 3.31. The van der Waals surface area contributed by atoms with Crippen LogP contribution in [0.2, 0.25) is 0 Å². The molecule has 3 atom stereocenters. The zero-order chi connectivity index (χ0) is 12.4. The molecule has 2 aliphatic carbocycles. The van der Waals surface area contributed by atoms with Gasteiger partial charge in [-0.3, -0.25) is 4.79 Å². The highest BCUT2D eigenvalue weighted by Gasteiger charge is 2.39. The SMILES string of the molecule is O=C(COC1CCNCC1)CC1CC2CCC1C2. The summed E-state index contributed by atoms with van der Waals surface area (Å²) in [4.78, 5) is 12.0. The fourth-order valence-electron chi connectivity index (χ4n) is 4.15. The van der Waals surface area contributed by atoms with Crippen molar-refractivity contribution in [2.45, 2.75) is 51.0 Å². The molecule has 1 saturated heterocycles. The summed E-state index contributed by atoms with van der Waals surface area (Å²) in [6.07, 6.45) is 8.71. The predicted molar refractivity (Wildman–Crippen MR) is 70.4 cm³/mol. The van der Waals surface area contributed by atoms with E-state index in [1.165, 1.54) is 25.7 Å². The van der Waals surface area contributed by atoms with E-state index >= 15 is 0 Å². The van der Waals surface area contributed by atoms with Crippen molar-refractivity contribution in [3.8, 4) is 0 Å². The average molecular weight is 251 g/mol. The molecule has 3 fully saturated rings. The van der Waals surface area contributed by atoms with Crippen LogP contribution in [0.4, 0.5) is 0 Å². The predicted octanol–water partition coefficient (Wildman–Crippen LogP) is 2.15. The zero-order valence-corrected chi connectivity index (χ0v) is 11.2. The maximum Gasteiger partial charge on any atom is 0.158 e. The summed E-state index contributed by atoms with van der Waals surface area (Å²) in [6.45, 7) is 2.43. The monoisotopic (exact) mass is 251 g/mol. The Balaban J connectivity index is 1.36. The largest absolute Gasteiger partial charge is 0.370 e. The number of Topliss-reactive ketones (excluding diaryl/α,β-unsaturated/α-hetero) is 1. The third kappa shape index (κ3) is 2.94. The summed E-state index contributed by atoms with van der Waals surface area (Å²) in [6, 6.07) is 0. The van der Waals surface area contributed by atoms with E-state index in [1.807, 2.05) is 0 Å². The second-order valence-electron chi connectivity index (χ2n) is 6.44. The Morgan fingerprint density at radius 1 is 1.11 bits per heavy atom. The van der Waals surface area contributed by atoms with E-state index in [2.05, 4.69) is 5.32 Å². The van der Waals surface area contributed by atoms with Crippen molar-refractivity contribution < 1.29 is 9.53 Å². The Morgan fingerprint density at radius 2 is 1.94 bits per heavy atom. The number of carbonyl (C=O) groups is 1. The molecule has 2 saturated carbocycles. The number of rotatable bonds is 5. The van der Waals surface area contributed by atoms with Crippen LogP contribution in [0.3, 0.4) is 0 Å². The van der Waals surface area contributed by atoms with Crippen LogP contribution in [0, 0.1) is 17.8 Å². The standard InChI is InChI=1S/C15H25NO2/c17-14(10-18-15-3-5-16-6-4-15)9-13-8-11-1-2-12(13)7-11/h11-13,15-16H,1-10H2. The number of ether oxygens (including phenoxy) is 1. The van der Waals surface area contributed by atoms with Gasteiger partial charge in [-0.05, 0) is 62.9 Å². The first kappa shape index (κ1) is 12.6. The molecule has 0 aromatic carbocycles. The summed E-state index contributed by atoms with van der Waals surface area (Å²) in [7, 11) is 0. The molecule has 3 nitrogen and oxygen atoms in total. The van der Waals surface area contributed by atoms with Crippen LogP contribution in [0.1, 0.15) is 44.9 Å². The minimum Gasteiger partial charge on any atom is -0.370 e. The molecule has 0 radical (unpaired) electrons. The zero-order valence-electron chi connectivity index (χ0n) is 11.2. The molecular weight excluding hydrogens is 226 g/mol. The van der Waals surface area contributed by atoms with Crippen molar-refractivity contribution in [1.29, 1.82) is 0 Å². The average Bonchev–Trinajstić information content (AvgIpc) is 3.00. The summed E-state index contributed by atoms with van der Waals surface area (Å²) in [5.41, 5.74) is 0. The molecule has 3 aliphatic rings. The van der Waals surface area contributed by atoms with E-state index in [1.54, 1.807) is 0 Å². The second kappa shape index (κ2) is 5.70. The minimum atomic E-state index is 0.315. The molecule has 1 heterocycles. The molecule has 3 heteroatoms. The molecule has 2 bridgehead atoms. The van der Waals surface area contributed by atoms with E-state index in [0.29, 0.717) is 24.4 Å². The van der Waals surface area contributed by atoms with E-state index in [0.717, 1.165) is 44.2 Å². The van der Waals surface area contributed by atoms with Gasteiger partial charge in [0.15, 0.2) is 5.78 Å². The normalized spacial score (nSPS) is 36.1. The Hall–Kier alpha value is -0.410. The van der Waals surface area contributed by atoms with Gasteiger partial charge in [-0.2, -0.15) is 0 Å². The lowest BCUT2D eigenvalue weighted by atomic mass is 9.85. The number of ketones is 1. The Bertz CT molecular complexity index is 299. The highest BCUT2D eigenvalue weighted by molar-refractivity contribution is 5.80. The van der Waals surface area contributed by atoms with Crippen LogP contribution in [0.5, 0.6) is 0 Å². The van der Waals surface area contributed by atoms with Crippen molar-refractivity contribution in [2.75, 3.05) is 19.7 Å². The van der Waals surface area contributed by atoms with Gasteiger partial charge in [-0.25, -0.2) is 0 Å². The Labute approximate surface area is 110 Å². The highest BCUT2D eigenvalue weighted by atomic mass is 16.5. The summed E-state index contributed by atoms with van der Waals surface area (Å²) < 4.78 is 5.75. The molecule has 18 heavy (non-hydrogen) atoms. The van der Waals surface area contributed by atoms with Gasteiger partial charge in [0.2, 0.25) is 0 Å². The molecule has 102 valence electrons. The molecule has 1 N–H and O–H groups in total. The summed E-state index contributed by atoms with van der Waals surface area (Å²) >= 11 is 0. The first-order chi connectivity index (χ1) is 8.81. The fraction of sp³-hybridized carbons (Fsp3) is 0.933. The number of nitrogens with one attached hydrogen (secondary N) is 1. The van der Waals surface area contributed by atoms with Gasteiger partial charge in [0.1, 0.15) is 6.61 Å². The number of hydrogen-bond donors (Lipinski definition) is 1. The topological polar surface area (TPSA) is 38.3 Å². The van der Waals surface area contributed by atoms with Crippen LogP contribution >= 0.6 is 0 Å². The van der Waals surface area contributed by atoms with Crippen molar-refractivity contribution >= 4 is 5.78 Å². The number of fused-ring (bicyclic) bond motifs is 2. The molecular formula is C15H25NO2. The summed E-state index contributed by atoms with van der Waals surface area (Å²) in [5.74, 6) is 2.83. The van der Waals surface area contributed by atoms with Crippen molar-refractivity contribution in [2.24, 2.45) is 17.8 Å². The van der Waals surface area contributed by atoms with Gasteiger partial charge in [0, 0.05) is 6.42 Å². The van der Waals surface area contributed by atoms with E-state index in [4.69, 9.17) is 4.74 Å². The quantitative estimate of drug-likeness (QED) is 0.813. The van der Waals surface area contributed by atoms with Gasteiger partial charge in [-0.1, -0.05) is 6.42 Å². The van der Waals surface area contributed by atoms with Crippen molar-refractivity contribution in [3.05, 3.63) is 0 Å². The first-order valence-electron chi connectivity index (χ1n) is 7.65. The maximum absolute atomic E-state index is 12.0. The minimum absolute atomic E-state index is 0.315. The number of hydrogen-bond acceptors (Lipinski definition) is 3. The van der Waals surface area contributed by atoms with Crippen LogP contribution in [-0.4, -0.2) is 31.6 Å². The smallest absolute Gasteiger partial charge is 0.158 e. The Morgan fingerprint density at radius 3 is 2.61 bits per heavy atom. The van der Waals surface area contributed by atoms with E-state index < -0.39 is 0 Å². The van der Waals surface area contributed by atoms with Gasteiger partial charge >= 0.3 is 0 Å². The fourth-order valence-corrected chi connectivity index (χ4v) is 4.15. The lowest BCUT2D eigenvalue weighted by Gasteiger charge is -2.24. The Kier molecular flexibility index (Phi) is 4.00. The molecule has 1 aliphatic heterocycles. The van der Waals surface area contributed by atoms with E-state index in [9.17, 15) is 4.79 Å². The first-order valence-corrected chi connectivity index (χ1v) is 7.65. The van der Waals surface area contributed by atoms with Crippen LogP contribution in [-0.2, 0) is 9.53 Å².